The van der Waals surface area contributed by atoms with E-state index in [1.807, 2.05) is 13.8 Å². The molecule has 0 heterocycles. The molecule has 0 radical (unpaired) electrons. The number of hydrogen-bond donors (Lipinski definition) is 1. The van der Waals surface area contributed by atoms with Gasteiger partial charge < -0.3 is 5.11 Å². The van der Waals surface area contributed by atoms with Gasteiger partial charge in [0.15, 0.2) is 0 Å². The molecular formula is C13H17ClFNO2. The fourth-order valence-corrected chi connectivity index (χ4v) is 2.28. The molecule has 0 saturated heterocycles. The number of benzene rings is 1. The van der Waals surface area contributed by atoms with Crippen LogP contribution in [-0.2, 0) is 10.3 Å². The van der Waals surface area contributed by atoms with Crippen molar-refractivity contribution < 1.29 is 14.3 Å². The van der Waals surface area contributed by atoms with Crippen molar-refractivity contribution in [1.29, 1.82) is 0 Å². The maximum atomic E-state index is 13.2. The lowest BCUT2D eigenvalue weighted by molar-refractivity contribution is -0.151. The van der Waals surface area contributed by atoms with Gasteiger partial charge in [-0.15, -0.1) is 0 Å². The number of rotatable bonds is 5. The van der Waals surface area contributed by atoms with E-state index in [0.717, 1.165) is 0 Å². The van der Waals surface area contributed by atoms with E-state index in [1.165, 1.54) is 18.2 Å². The summed E-state index contributed by atoms with van der Waals surface area (Å²) in [6.07, 6.45) is 0. The largest absolute Gasteiger partial charge is 0.480 e. The van der Waals surface area contributed by atoms with Gasteiger partial charge in [0.1, 0.15) is 11.4 Å². The predicted octanol–water partition coefficient (Wildman–Crippen LogP) is 3.12. The van der Waals surface area contributed by atoms with Gasteiger partial charge in [-0.05, 0) is 37.7 Å². The molecule has 0 aromatic heterocycles. The van der Waals surface area contributed by atoms with E-state index >= 15 is 0 Å². The second kappa shape index (κ2) is 5.67. The molecule has 0 fully saturated rings. The molecule has 0 aliphatic carbocycles. The number of nitrogens with zero attached hydrogens (tertiary/aromatic N) is 1. The second-order valence-electron chi connectivity index (χ2n) is 4.18. The van der Waals surface area contributed by atoms with Crippen LogP contribution in [0.4, 0.5) is 4.39 Å². The summed E-state index contributed by atoms with van der Waals surface area (Å²) in [6, 6.07) is 4.04. The van der Waals surface area contributed by atoms with Crippen molar-refractivity contribution in [3.05, 3.63) is 34.6 Å². The van der Waals surface area contributed by atoms with Crippen LogP contribution in [0.3, 0.4) is 0 Å². The summed E-state index contributed by atoms with van der Waals surface area (Å²) in [5, 5.41) is 9.44. The zero-order valence-electron chi connectivity index (χ0n) is 10.7. The summed E-state index contributed by atoms with van der Waals surface area (Å²) in [4.78, 5) is 13.4. The molecule has 0 amide bonds. The Morgan fingerprint density at radius 1 is 1.44 bits per heavy atom. The number of aliphatic carboxylic acids is 1. The summed E-state index contributed by atoms with van der Waals surface area (Å²) in [5.74, 6) is -1.53. The Morgan fingerprint density at radius 3 is 2.39 bits per heavy atom. The molecule has 1 aromatic carbocycles. The van der Waals surface area contributed by atoms with Crippen molar-refractivity contribution in [3.63, 3.8) is 0 Å². The highest BCUT2D eigenvalue weighted by Crippen LogP contribution is 2.31. The summed E-state index contributed by atoms with van der Waals surface area (Å²) >= 11 is 5.73. The zero-order valence-corrected chi connectivity index (χ0v) is 11.5. The highest BCUT2D eigenvalue weighted by molar-refractivity contribution is 6.30. The Bertz CT molecular complexity index is 449. The molecule has 100 valence electrons. The molecule has 5 heteroatoms. The third kappa shape index (κ3) is 2.49. The van der Waals surface area contributed by atoms with Gasteiger partial charge in [-0.1, -0.05) is 31.5 Å². The lowest BCUT2D eigenvalue weighted by atomic mass is 9.90. The smallest absolute Gasteiger partial charge is 0.328 e. The zero-order chi connectivity index (χ0) is 13.9. The fraction of sp³-hybridized carbons (Fsp3) is 0.462. The molecule has 1 rings (SSSR count). The molecule has 1 N–H and O–H groups in total. The van der Waals surface area contributed by atoms with Gasteiger partial charge in [-0.2, -0.15) is 0 Å². The van der Waals surface area contributed by atoms with Crippen LogP contribution in [0.15, 0.2) is 18.2 Å². The molecule has 0 saturated carbocycles. The van der Waals surface area contributed by atoms with Gasteiger partial charge in [0.2, 0.25) is 0 Å². The van der Waals surface area contributed by atoms with Crippen LogP contribution >= 0.6 is 11.6 Å². The molecule has 3 nitrogen and oxygen atoms in total. The minimum atomic E-state index is -1.21. The Morgan fingerprint density at radius 2 is 2.00 bits per heavy atom. The monoisotopic (exact) mass is 273 g/mol. The fourth-order valence-electron chi connectivity index (χ4n) is 2.10. The van der Waals surface area contributed by atoms with E-state index in [-0.39, 0.29) is 5.02 Å². The van der Waals surface area contributed by atoms with E-state index in [2.05, 4.69) is 0 Å². The van der Waals surface area contributed by atoms with E-state index in [4.69, 9.17) is 11.6 Å². The maximum absolute atomic E-state index is 13.2. The van der Waals surface area contributed by atoms with Crippen molar-refractivity contribution >= 4 is 17.6 Å². The first-order chi connectivity index (χ1) is 8.37. The van der Waals surface area contributed by atoms with E-state index in [1.54, 1.807) is 11.8 Å². The van der Waals surface area contributed by atoms with Gasteiger partial charge in [0, 0.05) is 0 Å². The highest BCUT2D eigenvalue weighted by atomic mass is 35.5. The summed E-state index contributed by atoms with van der Waals surface area (Å²) in [6.45, 7) is 6.53. The average Bonchev–Trinajstić information content (AvgIpc) is 2.33. The molecular weight excluding hydrogens is 257 g/mol. The van der Waals surface area contributed by atoms with E-state index in [9.17, 15) is 14.3 Å². The molecule has 0 spiro atoms. The van der Waals surface area contributed by atoms with Gasteiger partial charge in [0.25, 0.3) is 0 Å². The molecule has 1 unspecified atom stereocenters. The van der Waals surface area contributed by atoms with Crippen LogP contribution in [-0.4, -0.2) is 29.1 Å². The maximum Gasteiger partial charge on any atom is 0.328 e. The molecule has 0 bridgehead atoms. The minimum Gasteiger partial charge on any atom is -0.480 e. The highest BCUT2D eigenvalue weighted by Gasteiger charge is 2.40. The molecule has 0 aliphatic heterocycles. The van der Waals surface area contributed by atoms with Crippen LogP contribution in [0.5, 0.6) is 0 Å². The van der Waals surface area contributed by atoms with Crippen LogP contribution in [0.1, 0.15) is 26.3 Å². The lowest BCUT2D eigenvalue weighted by Gasteiger charge is -2.37. The first-order valence-electron chi connectivity index (χ1n) is 5.81. The first kappa shape index (κ1) is 14.9. The van der Waals surface area contributed by atoms with Crippen LogP contribution in [0.25, 0.3) is 0 Å². The number of halogens is 2. The van der Waals surface area contributed by atoms with Gasteiger partial charge >= 0.3 is 5.97 Å². The average molecular weight is 274 g/mol. The van der Waals surface area contributed by atoms with Gasteiger partial charge in [0.05, 0.1) is 5.02 Å². The van der Waals surface area contributed by atoms with Crippen LogP contribution < -0.4 is 0 Å². The molecule has 1 atom stereocenters. The SMILES string of the molecule is CCN(CC)C(C)(C(=O)O)c1ccc(F)c(Cl)c1. The van der Waals surface area contributed by atoms with E-state index in [0.29, 0.717) is 18.7 Å². The Hall–Kier alpha value is -1.13. The topological polar surface area (TPSA) is 40.5 Å². The Labute approximate surface area is 111 Å². The number of hydrogen-bond acceptors (Lipinski definition) is 2. The van der Waals surface area contributed by atoms with Gasteiger partial charge in [-0.25, -0.2) is 9.18 Å². The van der Waals surface area contributed by atoms with Crippen LogP contribution in [0, 0.1) is 5.82 Å². The normalized spacial score (nSPS) is 14.6. The minimum absolute atomic E-state index is 0.0628. The predicted molar refractivity (Wildman–Crippen MR) is 69.3 cm³/mol. The molecule has 1 aromatic rings. The first-order valence-corrected chi connectivity index (χ1v) is 6.19. The van der Waals surface area contributed by atoms with Crippen molar-refractivity contribution in [2.75, 3.05) is 13.1 Å². The number of carbonyl (C=O) groups is 1. The number of carboxylic acids is 1. The van der Waals surface area contributed by atoms with Crippen molar-refractivity contribution in [3.8, 4) is 0 Å². The second-order valence-corrected chi connectivity index (χ2v) is 4.59. The summed E-state index contributed by atoms with van der Waals surface area (Å²) in [7, 11) is 0. The quantitative estimate of drug-likeness (QED) is 0.896. The Kier molecular flexibility index (Phi) is 4.71. The van der Waals surface area contributed by atoms with Crippen molar-refractivity contribution in [2.45, 2.75) is 26.3 Å². The molecule has 18 heavy (non-hydrogen) atoms. The third-order valence-corrected chi connectivity index (χ3v) is 3.58. The third-order valence-electron chi connectivity index (χ3n) is 3.29. The summed E-state index contributed by atoms with van der Waals surface area (Å²) in [5.41, 5.74) is -0.731. The van der Waals surface area contributed by atoms with E-state index < -0.39 is 17.3 Å². The van der Waals surface area contributed by atoms with Crippen molar-refractivity contribution in [2.24, 2.45) is 0 Å². The van der Waals surface area contributed by atoms with Gasteiger partial charge in [-0.3, -0.25) is 4.90 Å². The summed E-state index contributed by atoms with van der Waals surface area (Å²) < 4.78 is 13.2. The van der Waals surface area contributed by atoms with Crippen LogP contribution in [0.2, 0.25) is 5.02 Å². The van der Waals surface area contributed by atoms with Crippen molar-refractivity contribution in [1.82, 2.24) is 4.90 Å². The standard InChI is InChI=1S/C13H17ClFNO2/c1-4-16(5-2)13(3,12(17)18)9-6-7-11(15)10(14)8-9/h6-8H,4-5H2,1-3H3,(H,17,18). The number of carboxylic acid groups (broad SMARTS) is 1. The number of likely N-dealkylation sites (N-methyl/N-ethyl adjacent to an activating group) is 1. The molecule has 0 aliphatic rings. The lowest BCUT2D eigenvalue weighted by Crippen LogP contribution is -2.49. The Balaban J connectivity index is 3.35.